The number of hydrogen-bond donors (Lipinski definition) is 2. The zero-order valence-corrected chi connectivity index (χ0v) is 12.9. The molecule has 2 aromatic carbocycles. The highest BCUT2D eigenvalue weighted by molar-refractivity contribution is 5.95. The van der Waals surface area contributed by atoms with Crippen LogP contribution < -0.4 is 10.1 Å². The molecule has 0 spiro atoms. The highest BCUT2D eigenvalue weighted by Gasteiger charge is 2.11. The summed E-state index contributed by atoms with van der Waals surface area (Å²) in [6, 6.07) is 15.0. The van der Waals surface area contributed by atoms with E-state index in [2.05, 4.69) is 5.32 Å². The zero-order chi connectivity index (χ0) is 15.9. The van der Waals surface area contributed by atoms with Gasteiger partial charge in [-0.2, -0.15) is 0 Å². The Labute approximate surface area is 130 Å². The van der Waals surface area contributed by atoms with Gasteiger partial charge in [-0.25, -0.2) is 0 Å². The van der Waals surface area contributed by atoms with Gasteiger partial charge in [0.1, 0.15) is 18.5 Å². The van der Waals surface area contributed by atoms with Crippen LogP contribution in [0.2, 0.25) is 0 Å². The molecule has 2 rings (SSSR count). The summed E-state index contributed by atoms with van der Waals surface area (Å²) >= 11 is 0. The van der Waals surface area contributed by atoms with Crippen LogP contribution in [-0.4, -0.2) is 30.3 Å². The van der Waals surface area contributed by atoms with E-state index in [1.54, 1.807) is 6.07 Å². The Balaban J connectivity index is 1.79. The molecule has 0 aliphatic rings. The molecular formula is C18H21NO3. The van der Waals surface area contributed by atoms with Gasteiger partial charge in [0.15, 0.2) is 0 Å². The van der Waals surface area contributed by atoms with Gasteiger partial charge < -0.3 is 15.2 Å². The van der Waals surface area contributed by atoms with Crippen LogP contribution >= 0.6 is 0 Å². The van der Waals surface area contributed by atoms with Crippen LogP contribution in [-0.2, 0) is 0 Å². The lowest BCUT2D eigenvalue weighted by atomic mass is 10.1. The number of hydrogen-bond acceptors (Lipinski definition) is 3. The molecule has 0 saturated carbocycles. The molecule has 0 aliphatic carbocycles. The molecule has 0 bridgehead atoms. The topological polar surface area (TPSA) is 58.6 Å². The van der Waals surface area contributed by atoms with Gasteiger partial charge in [0.25, 0.3) is 5.91 Å². The average molecular weight is 299 g/mol. The van der Waals surface area contributed by atoms with Gasteiger partial charge in [-0.3, -0.25) is 4.79 Å². The first kappa shape index (κ1) is 16.0. The first-order valence-electron chi connectivity index (χ1n) is 7.27. The number of amides is 1. The van der Waals surface area contributed by atoms with E-state index >= 15 is 0 Å². The highest BCUT2D eigenvalue weighted by atomic mass is 16.5. The number of rotatable bonds is 6. The lowest BCUT2D eigenvalue weighted by molar-refractivity contribution is 0.0843. The van der Waals surface area contributed by atoms with Crippen LogP contribution in [0.4, 0.5) is 0 Å². The molecule has 0 radical (unpaired) electrons. The van der Waals surface area contributed by atoms with Crippen molar-refractivity contribution < 1.29 is 14.6 Å². The van der Waals surface area contributed by atoms with Crippen LogP contribution in [0.3, 0.4) is 0 Å². The van der Waals surface area contributed by atoms with E-state index in [0.717, 1.165) is 11.1 Å². The molecule has 0 aromatic heterocycles. The molecule has 1 amide bonds. The fourth-order valence-electron chi connectivity index (χ4n) is 2.09. The van der Waals surface area contributed by atoms with Gasteiger partial charge >= 0.3 is 0 Å². The van der Waals surface area contributed by atoms with Gasteiger partial charge in [-0.05, 0) is 43.2 Å². The van der Waals surface area contributed by atoms with Crippen LogP contribution in [0.25, 0.3) is 0 Å². The first-order chi connectivity index (χ1) is 10.6. The molecule has 0 heterocycles. The molecule has 1 atom stereocenters. The Kier molecular flexibility index (Phi) is 5.55. The smallest absolute Gasteiger partial charge is 0.251 e. The Morgan fingerprint density at radius 1 is 1.18 bits per heavy atom. The van der Waals surface area contributed by atoms with E-state index in [0.29, 0.717) is 11.3 Å². The normalized spacial score (nSPS) is 11.8. The van der Waals surface area contributed by atoms with E-state index in [1.165, 1.54) is 0 Å². The third-order valence-corrected chi connectivity index (χ3v) is 3.32. The van der Waals surface area contributed by atoms with Crippen molar-refractivity contribution in [3.05, 3.63) is 65.2 Å². The molecule has 4 nitrogen and oxygen atoms in total. The largest absolute Gasteiger partial charge is 0.491 e. The number of aliphatic hydroxyl groups is 1. The standard InChI is InChI=1S/C18H21NO3/c1-13-6-5-8-16(10-13)22-12-15(20)11-19-18(21)17-9-4-3-7-14(17)2/h3-10,15,20H,11-12H2,1-2H3,(H,19,21). The van der Waals surface area contributed by atoms with Crippen molar-refractivity contribution in [2.45, 2.75) is 20.0 Å². The van der Waals surface area contributed by atoms with Crippen LogP contribution in [0.5, 0.6) is 5.75 Å². The average Bonchev–Trinajstić information content (AvgIpc) is 2.51. The summed E-state index contributed by atoms with van der Waals surface area (Å²) in [5, 5.41) is 12.6. The number of aliphatic hydroxyl groups excluding tert-OH is 1. The summed E-state index contributed by atoms with van der Waals surface area (Å²) in [5.41, 5.74) is 2.62. The summed E-state index contributed by atoms with van der Waals surface area (Å²) in [4.78, 5) is 12.0. The number of aryl methyl sites for hydroxylation is 2. The number of ether oxygens (including phenoxy) is 1. The Morgan fingerprint density at radius 3 is 2.68 bits per heavy atom. The molecule has 2 N–H and O–H groups in total. The minimum atomic E-state index is -0.756. The van der Waals surface area contributed by atoms with Crippen LogP contribution in [0.15, 0.2) is 48.5 Å². The summed E-state index contributed by atoms with van der Waals surface area (Å²) in [6.07, 6.45) is -0.756. The van der Waals surface area contributed by atoms with E-state index in [4.69, 9.17) is 4.74 Å². The molecule has 0 fully saturated rings. The number of benzene rings is 2. The SMILES string of the molecule is Cc1cccc(OCC(O)CNC(=O)c2ccccc2C)c1. The van der Waals surface area contributed by atoms with Crippen molar-refractivity contribution in [2.75, 3.05) is 13.2 Å². The molecule has 2 aromatic rings. The van der Waals surface area contributed by atoms with Gasteiger partial charge in [0.05, 0.1) is 0 Å². The number of nitrogens with one attached hydrogen (secondary N) is 1. The summed E-state index contributed by atoms with van der Waals surface area (Å²) in [6.45, 7) is 4.15. The van der Waals surface area contributed by atoms with Crippen molar-refractivity contribution in [1.82, 2.24) is 5.32 Å². The number of carbonyl (C=O) groups excluding carboxylic acids is 1. The van der Waals surface area contributed by atoms with Gasteiger partial charge in [0, 0.05) is 12.1 Å². The molecule has 0 saturated heterocycles. The number of carbonyl (C=O) groups is 1. The molecule has 1 unspecified atom stereocenters. The Morgan fingerprint density at radius 2 is 1.95 bits per heavy atom. The maximum absolute atomic E-state index is 12.0. The Hall–Kier alpha value is -2.33. The van der Waals surface area contributed by atoms with E-state index in [-0.39, 0.29) is 19.1 Å². The second kappa shape index (κ2) is 7.61. The highest BCUT2D eigenvalue weighted by Crippen LogP contribution is 2.12. The van der Waals surface area contributed by atoms with E-state index < -0.39 is 6.10 Å². The fourth-order valence-corrected chi connectivity index (χ4v) is 2.09. The summed E-state index contributed by atoms with van der Waals surface area (Å²) in [7, 11) is 0. The van der Waals surface area contributed by atoms with Crippen molar-refractivity contribution >= 4 is 5.91 Å². The van der Waals surface area contributed by atoms with E-state index in [1.807, 2.05) is 56.3 Å². The maximum atomic E-state index is 12.0. The van der Waals surface area contributed by atoms with Crippen LogP contribution in [0, 0.1) is 13.8 Å². The third kappa shape index (κ3) is 4.60. The molecule has 4 heteroatoms. The monoisotopic (exact) mass is 299 g/mol. The molecule has 0 aliphatic heterocycles. The lowest BCUT2D eigenvalue weighted by Crippen LogP contribution is -2.35. The first-order valence-corrected chi connectivity index (χ1v) is 7.27. The summed E-state index contributed by atoms with van der Waals surface area (Å²) in [5.74, 6) is 0.525. The van der Waals surface area contributed by atoms with Crippen LogP contribution in [0.1, 0.15) is 21.5 Å². The predicted molar refractivity (Wildman–Crippen MR) is 86.2 cm³/mol. The van der Waals surface area contributed by atoms with Gasteiger partial charge in [-0.1, -0.05) is 30.3 Å². The van der Waals surface area contributed by atoms with Crippen molar-refractivity contribution in [1.29, 1.82) is 0 Å². The predicted octanol–water partition coefficient (Wildman–Crippen LogP) is 2.47. The van der Waals surface area contributed by atoms with Crippen molar-refractivity contribution in [3.63, 3.8) is 0 Å². The van der Waals surface area contributed by atoms with E-state index in [9.17, 15) is 9.90 Å². The molecule has 116 valence electrons. The van der Waals surface area contributed by atoms with Gasteiger partial charge in [0.2, 0.25) is 0 Å². The van der Waals surface area contributed by atoms with Crippen molar-refractivity contribution in [2.24, 2.45) is 0 Å². The Bertz CT molecular complexity index is 640. The second-order valence-corrected chi connectivity index (χ2v) is 5.31. The fraction of sp³-hybridized carbons (Fsp3) is 0.278. The molecule has 22 heavy (non-hydrogen) atoms. The molecular weight excluding hydrogens is 278 g/mol. The second-order valence-electron chi connectivity index (χ2n) is 5.31. The maximum Gasteiger partial charge on any atom is 0.251 e. The third-order valence-electron chi connectivity index (χ3n) is 3.32. The van der Waals surface area contributed by atoms with Crippen molar-refractivity contribution in [3.8, 4) is 5.75 Å². The minimum Gasteiger partial charge on any atom is -0.491 e. The van der Waals surface area contributed by atoms with Gasteiger partial charge in [-0.15, -0.1) is 0 Å². The quantitative estimate of drug-likeness (QED) is 0.861. The lowest BCUT2D eigenvalue weighted by Gasteiger charge is -2.14. The summed E-state index contributed by atoms with van der Waals surface area (Å²) < 4.78 is 5.51. The minimum absolute atomic E-state index is 0.136. The zero-order valence-electron chi connectivity index (χ0n) is 12.9.